The lowest BCUT2D eigenvalue weighted by atomic mass is 9.94. The summed E-state index contributed by atoms with van der Waals surface area (Å²) in [6.07, 6.45) is 1.24. The first-order chi connectivity index (χ1) is 8.96. The largest absolute Gasteiger partial charge is 0.497 e. The third-order valence-corrected chi connectivity index (χ3v) is 2.94. The van der Waals surface area contributed by atoms with E-state index in [1.165, 1.54) is 0 Å². The van der Waals surface area contributed by atoms with Gasteiger partial charge < -0.3 is 14.6 Å². The van der Waals surface area contributed by atoms with Crippen molar-refractivity contribution in [2.75, 3.05) is 13.7 Å². The number of methoxy groups -OCH3 is 1. The molecular weight excluding hydrogens is 244 g/mol. The molecule has 4 nitrogen and oxygen atoms in total. The highest BCUT2D eigenvalue weighted by Gasteiger charge is 2.24. The Kier molecular flexibility index (Phi) is 5.83. The Morgan fingerprint density at radius 2 is 1.95 bits per heavy atom. The first kappa shape index (κ1) is 15.5. The topological polar surface area (TPSA) is 55.8 Å². The van der Waals surface area contributed by atoms with Gasteiger partial charge in [-0.05, 0) is 44.4 Å². The minimum absolute atomic E-state index is 0.0248. The van der Waals surface area contributed by atoms with Crippen LogP contribution in [0, 0.1) is 0 Å². The number of rotatable bonds is 7. The zero-order valence-electron chi connectivity index (χ0n) is 11.8. The summed E-state index contributed by atoms with van der Waals surface area (Å²) in [6.45, 7) is 3.75. The fraction of sp³-hybridized carbons (Fsp3) is 0.533. The van der Waals surface area contributed by atoms with E-state index in [1.54, 1.807) is 21.0 Å². The second kappa shape index (κ2) is 7.14. The number of benzene rings is 1. The number of hydrogen-bond donors (Lipinski definition) is 1. The van der Waals surface area contributed by atoms with Crippen LogP contribution in [0.2, 0.25) is 0 Å². The average molecular weight is 266 g/mol. The minimum atomic E-state index is -1.04. The van der Waals surface area contributed by atoms with Crippen molar-refractivity contribution < 1.29 is 19.4 Å². The van der Waals surface area contributed by atoms with Crippen LogP contribution < -0.4 is 4.74 Å². The van der Waals surface area contributed by atoms with Gasteiger partial charge in [0.05, 0.1) is 25.7 Å². The molecule has 1 rings (SSSR count). The van der Waals surface area contributed by atoms with Crippen LogP contribution in [-0.4, -0.2) is 30.4 Å². The van der Waals surface area contributed by atoms with Gasteiger partial charge in [-0.1, -0.05) is 12.1 Å². The lowest BCUT2D eigenvalue weighted by Gasteiger charge is -2.22. The van der Waals surface area contributed by atoms with Crippen molar-refractivity contribution in [3.05, 3.63) is 29.8 Å². The molecule has 1 atom stereocenters. The van der Waals surface area contributed by atoms with Crippen molar-refractivity contribution in [2.24, 2.45) is 0 Å². The molecule has 0 bridgehead atoms. The molecule has 0 fully saturated rings. The van der Waals surface area contributed by atoms with Gasteiger partial charge >= 0.3 is 5.97 Å². The quantitative estimate of drug-likeness (QED) is 0.770. The highest BCUT2D eigenvalue weighted by atomic mass is 16.5. The minimum Gasteiger partial charge on any atom is -0.497 e. The Hall–Kier alpha value is -1.55. The molecule has 1 unspecified atom stereocenters. The van der Waals surface area contributed by atoms with Crippen LogP contribution in [0.3, 0.4) is 0 Å². The molecule has 0 aromatic heterocycles. The third kappa shape index (κ3) is 5.75. The molecule has 0 aliphatic carbocycles. The predicted molar refractivity (Wildman–Crippen MR) is 73.2 cm³/mol. The fourth-order valence-corrected chi connectivity index (χ4v) is 1.82. The summed E-state index contributed by atoms with van der Waals surface area (Å²) in [5, 5.41) is 10.1. The van der Waals surface area contributed by atoms with E-state index >= 15 is 0 Å². The summed E-state index contributed by atoms with van der Waals surface area (Å²) in [7, 11) is 1.62. The number of carbonyl (C=O) groups is 1. The van der Waals surface area contributed by atoms with E-state index in [0.717, 1.165) is 11.3 Å². The molecule has 0 heterocycles. The molecule has 0 amide bonds. The first-order valence-corrected chi connectivity index (χ1v) is 6.48. The van der Waals surface area contributed by atoms with E-state index in [1.807, 2.05) is 24.3 Å². The Balaban J connectivity index is 2.47. The van der Waals surface area contributed by atoms with Crippen LogP contribution in [0.25, 0.3) is 0 Å². The van der Waals surface area contributed by atoms with E-state index in [-0.39, 0.29) is 12.4 Å². The van der Waals surface area contributed by atoms with E-state index in [2.05, 4.69) is 0 Å². The van der Waals surface area contributed by atoms with Gasteiger partial charge in [0.1, 0.15) is 5.75 Å². The molecule has 0 aliphatic heterocycles. The van der Waals surface area contributed by atoms with Gasteiger partial charge in [0, 0.05) is 0 Å². The van der Waals surface area contributed by atoms with Gasteiger partial charge in [-0.15, -0.1) is 0 Å². The van der Waals surface area contributed by atoms with Crippen LogP contribution in [-0.2, 0) is 16.0 Å². The zero-order chi connectivity index (χ0) is 14.3. The summed E-state index contributed by atoms with van der Waals surface area (Å²) in [6, 6.07) is 7.68. The normalized spacial score (nSPS) is 13.7. The molecule has 1 aromatic carbocycles. The van der Waals surface area contributed by atoms with Crippen LogP contribution >= 0.6 is 0 Å². The van der Waals surface area contributed by atoms with Crippen molar-refractivity contribution in [3.8, 4) is 5.75 Å². The van der Waals surface area contributed by atoms with Crippen molar-refractivity contribution in [2.45, 2.75) is 38.7 Å². The number of esters is 1. The highest BCUT2D eigenvalue weighted by molar-refractivity contribution is 5.70. The maximum Gasteiger partial charge on any atom is 0.308 e. The molecular formula is C15H22O4. The van der Waals surface area contributed by atoms with Crippen LogP contribution in [0.1, 0.15) is 32.3 Å². The number of hydrogen-bond acceptors (Lipinski definition) is 4. The lowest BCUT2D eigenvalue weighted by molar-refractivity contribution is -0.148. The van der Waals surface area contributed by atoms with Gasteiger partial charge in [-0.2, -0.15) is 0 Å². The van der Waals surface area contributed by atoms with Gasteiger partial charge in [0.15, 0.2) is 0 Å². The van der Waals surface area contributed by atoms with Gasteiger partial charge in [-0.3, -0.25) is 4.79 Å². The Morgan fingerprint density at radius 3 is 2.47 bits per heavy atom. The van der Waals surface area contributed by atoms with Crippen molar-refractivity contribution in [1.82, 2.24) is 0 Å². The molecule has 0 saturated carbocycles. The highest BCUT2D eigenvalue weighted by Crippen LogP contribution is 2.20. The summed E-state index contributed by atoms with van der Waals surface area (Å²) >= 11 is 0. The number of ether oxygens (including phenoxy) is 2. The number of carbonyl (C=O) groups excluding carboxylic acids is 1. The second-order valence-corrected chi connectivity index (χ2v) is 4.83. The van der Waals surface area contributed by atoms with E-state index in [9.17, 15) is 9.90 Å². The molecule has 0 aliphatic rings. The average Bonchev–Trinajstić information content (AvgIpc) is 2.37. The summed E-state index contributed by atoms with van der Waals surface area (Å²) in [4.78, 5) is 11.4. The van der Waals surface area contributed by atoms with E-state index in [0.29, 0.717) is 19.4 Å². The predicted octanol–water partition coefficient (Wildman–Crippen LogP) is 2.33. The Bertz CT molecular complexity index is 395. The fourth-order valence-electron chi connectivity index (χ4n) is 1.82. The zero-order valence-corrected chi connectivity index (χ0v) is 11.8. The monoisotopic (exact) mass is 266 g/mol. The SMILES string of the molecule is CCOC(=O)CC(C)(O)CCc1ccc(OC)cc1. The number of aliphatic hydroxyl groups is 1. The summed E-state index contributed by atoms with van der Waals surface area (Å²) in [5.74, 6) is 0.448. The van der Waals surface area contributed by atoms with E-state index in [4.69, 9.17) is 9.47 Å². The standard InChI is InChI=1S/C15H22O4/c1-4-19-14(16)11-15(2,17)10-9-12-5-7-13(18-3)8-6-12/h5-8,17H,4,9-11H2,1-3H3. The van der Waals surface area contributed by atoms with Crippen LogP contribution in [0.5, 0.6) is 5.75 Å². The summed E-state index contributed by atoms with van der Waals surface area (Å²) < 4.78 is 9.93. The molecule has 0 radical (unpaired) electrons. The maximum atomic E-state index is 11.4. The van der Waals surface area contributed by atoms with Crippen molar-refractivity contribution in [3.63, 3.8) is 0 Å². The molecule has 1 N–H and O–H groups in total. The van der Waals surface area contributed by atoms with Crippen LogP contribution in [0.4, 0.5) is 0 Å². The molecule has 0 spiro atoms. The molecule has 4 heteroatoms. The summed E-state index contributed by atoms with van der Waals surface area (Å²) in [5.41, 5.74) is 0.0663. The van der Waals surface area contributed by atoms with E-state index < -0.39 is 5.60 Å². The van der Waals surface area contributed by atoms with Gasteiger partial charge in [-0.25, -0.2) is 0 Å². The maximum absolute atomic E-state index is 11.4. The molecule has 106 valence electrons. The lowest BCUT2D eigenvalue weighted by Crippen LogP contribution is -2.29. The second-order valence-electron chi connectivity index (χ2n) is 4.83. The Morgan fingerprint density at radius 1 is 1.32 bits per heavy atom. The molecule has 0 saturated heterocycles. The number of aryl methyl sites for hydroxylation is 1. The van der Waals surface area contributed by atoms with Gasteiger partial charge in [0.25, 0.3) is 0 Å². The molecule has 19 heavy (non-hydrogen) atoms. The smallest absolute Gasteiger partial charge is 0.308 e. The Labute approximate surface area is 114 Å². The molecule has 1 aromatic rings. The van der Waals surface area contributed by atoms with Gasteiger partial charge in [0.2, 0.25) is 0 Å². The van der Waals surface area contributed by atoms with Crippen molar-refractivity contribution >= 4 is 5.97 Å². The first-order valence-electron chi connectivity index (χ1n) is 6.48. The van der Waals surface area contributed by atoms with Crippen molar-refractivity contribution in [1.29, 1.82) is 0 Å². The third-order valence-electron chi connectivity index (χ3n) is 2.94. The van der Waals surface area contributed by atoms with Crippen LogP contribution in [0.15, 0.2) is 24.3 Å².